The van der Waals surface area contributed by atoms with Gasteiger partial charge in [-0.3, -0.25) is 9.59 Å². The minimum absolute atomic E-state index is 0.0747. The number of rotatable bonds is 12. The summed E-state index contributed by atoms with van der Waals surface area (Å²) >= 11 is 0. The number of allylic oxidation sites excluding steroid dienone is 1. The third-order valence-electron chi connectivity index (χ3n) is 6.81. The molecule has 0 saturated carbocycles. The van der Waals surface area contributed by atoms with Gasteiger partial charge in [0.1, 0.15) is 11.3 Å². The number of benzene rings is 2. The first-order chi connectivity index (χ1) is 19.6. The Morgan fingerprint density at radius 2 is 2.02 bits per heavy atom. The van der Waals surface area contributed by atoms with Gasteiger partial charge in [0, 0.05) is 41.5 Å². The van der Waals surface area contributed by atoms with Gasteiger partial charge in [0.25, 0.3) is 5.91 Å². The molecule has 3 N–H and O–H groups in total. The first-order valence-corrected chi connectivity index (χ1v) is 13.2. The van der Waals surface area contributed by atoms with Gasteiger partial charge in [0.2, 0.25) is 6.29 Å². The van der Waals surface area contributed by atoms with Crippen molar-refractivity contribution in [3.63, 3.8) is 0 Å². The van der Waals surface area contributed by atoms with Crippen LogP contribution in [0.5, 0.6) is 5.75 Å². The Hall–Kier alpha value is -4.12. The molecule has 0 radical (unpaired) electrons. The molecule has 40 heavy (non-hydrogen) atoms. The first kappa shape index (κ1) is 27.4. The molecule has 5 rings (SSSR count). The van der Waals surface area contributed by atoms with Crippen molar-refractivity contribution in [2.75, 3.05) is 40.1 Å². The number of carbonyl (C=O) groups excluding carboxylic acids is 1. The van der Waals surface area contributed by atoms with E-state index in [4.69, 9.17) is 28.5 Å². The molecule has 10 heteroatoms. The van der Waals surface area contributed by atoms with Crippen LogP contribution < -0.4 is 15.5 Å². The van der Waals surface area contributed by atoms with E-state index in [-0.39, 0.29) is 37.6 Å². The van der Waals surface area contributed by atoms with E-state index in [1.54, 1.807) is 37.5 Å². The van der Waals surface area contributed by atoms with Crippen molar-refractivity contribution in [1.82, 2.24) is 10.3 Å². The molecule has 0 spiro atoms. The molecular weight excluding hydrogens is 516 g/mol. The second kappa shape index (κ2) is 12.8. The fourth-order valence-electron chi connectivity index (χ4n) is 4.78. The Morgan fingerprint density at radius 3 is 2.88 bits per heavy atom. The maximum absolute atomic E-state index is 13.3. The SMILES string of the molecule is COc1ccc2[nH]cc(CCNC(=O)C3=C[C@H](c4coc5ccccc5c4=O)C[C@H](OCCOCCO)O3)c2c1. The number of hydrogen-bond acceptors (Lipinski definition) is 8. The second-order valence-corrected chi connectivity index (χ2v) is 9.37. The molecule has 0 unspecified atom stereocenters. The molecule has 2 aromatic heterocycles. The van der Waals surface area contributed by atoms with E-state index in [0.717, 1.165) is 22.2 Å². The lowest BCUT2D eigenvalue weighted by Gasteiger charge is -2.29. The number of nitrogens with one attached hydrogen (secondary N) is 2. The number of para-hydroxylation sites is 1. The highest BCUT2D eigenvalue weighted by Crippen LogP contribution is 2.31. The molecule has 1 aliphatic rings. The van der Waals surface area contributed by atoms with Crippen LogP contribution in [0.25, 0.3) is 21.9 Å². The normalized spacial score (nSPS) is 17.0. The number of fused-ring (bicyclic) bond motifs is 2. The average molecular weight is 549 g/mol. The van der Waals surface area contributed by atoms with Crippen LogP contribution in [-0.4, -0.2) is 62.4 Å². The van der Waals surface area contributed by atoms with Gasteiger partial charge in [0.15, 0.2) is 11.2 Å². The third kappa shape index (κ3) is 6.20. The summed E-state index contributed by atoms with van der Waals surface area (Å²) in [6, 6.07) is 12.8. The topological polar surface area (TPSA) is 132 Å². The largest absolute Gasteiger partial charge is 0.497 e. The molecular formula is C30H32N2O8. The van der Waals surface area contributed by atoms with Crippen molar-refractivity contribution in [2.24, 2.45) is 0 Å². The summed E-state index contributed by atoms with van der Waals surface area (Å²) in [6.45, 7) is 0.935. The van der Waals surface area contributed by atoms with E-state index in [0.29, 0.717) is 35.9 Å². The highest BCUT2D eigenvalue weighted by molar-refractivity contribution is 5.92. The van der Waals surface area contributed by atoms with Gasteiger partial charge >= 0.3 is 0 Å². The van der Waals surface area contributed by atoms with Crippen LogP contribution in [0.15, 0.2) is 76.0 Å². The molecule has 2 aromatic carbocycles. The Labute approximate surface area is 230 Å². The van der Waals surface area contributed by atoms with E-state index in [1.165, 1.54) is 6.26 Å². The maximum atomic E-state index is 13.3. The van der Waals surface area contributed by atoms with E-state index < -0.39 is 18.1 Å². The smallest absolute Gasteiger partial charge is 0.286 e. The molecule has 0 bridgehead atoms. The predicted octanol–water partition coefficient (Wildman–Crippen LogP) is 3.38. The zero-order chi connectivity index (χ0) is 27.9. The number of aliphatic hydroxyl groups is 1. The summed E-state index contributed by atoms with van der Waals surface area (Å²) in [5, 5.41) is 13.3. The maximum Gasteiger partial charge on any atom is 0.286 e. The summed E-state index contributed by atoms with van der Waals surface area (Å²) < 4.78 is 28.0. The summed E-state index contributed by atoms with van der Waals surface area (Å²) in [5.74, 6) is -0.0296. The molecule has 0 fully saturated rings. The van der Waals surface area contributed by atoms with Crippen LogP contribution in [0.3, 0.4) is 0 Å². The summed E-state index contributed by atoms with van der Waals surface area (Å²) in [7, 11) is 1.62. The lowest BCUT2D eigenvalue weighted by molar-refractivity contribution is -0.151. The fraction of sp³-hybridized carbons (Fsp3) is 0.333. The quantitative estimate of drug-likeness (QED) is 0.230. The lowest BCUT2D eigenvalue weighted by atomic mass is 9.93. The monoisotopic (exact) mass is 548 g/mol. The van der Waals surface area contributed by atoms with Crippen molar-refractivity contribution in [3.05, 3.63) is 88.1 Å². The zero-order valence-corrected chi connectivity index (χ0v) is 22.2. The summed E-state index contributed by atoms with van der Waals surface area (Å²) in [6.07, 6.45) is 5.14. The van der Waals surface area contributed by atoms with E-state index in [1.807, 2.05) is 24.4 Å². The van der Waals surface area contributed by atoms with E-state index in [2.05, 4.69) is 10.3 Å². The van der Waals surface area contributed by atoms with Gasteiger partial charge in [-0.25, -0.2) is 0 Å². The number of aliphatic hydroxyl groups excluding tert-OH is 1. The third-order valence-corrected chi connectivity index (χ3v) is 6.81. The van der Waals surface area contributed by atoms with Crippen LogP contribution >= 0.6 is 0 Å². The van der Waals surface area contributed by atoms with Crippen LogP contribution in [0, 0.1) is 0 Å². The Kier molecular flexibility index (Phi) is 8.80. The summed E-state index contributed by atoms with van der Waals surface area (Å²) in [4.78, 5) is 29.7. The molecule has 0 aliphatic carbocycles. The van der Waals surface area contributed by atoms with E-state index in [9.17, 15) is 9.59 Å². The predicted molar refractivity (Wildman–Crippen MR) is 148 cm³/mol. The van der Waals surface area contributed by atoms with Gasteiger partial charge < -0.3 is 38.8 Å². The van der Waals surface area contributed by atoms with Crippen molar-refractivity contribution < 1.29 is 33.3 Å². The van der Waals surface area contributed by atoms with Crippen molar-refractivity contribution in [1.29, 1.82) is 0 Å². The molecule has 0 saturated heterocycles. The lowest BCUT2D eigenvalue weighted by Crippen LogP contribution is -2.35. The number of aromatic nitrogens is 1. The number of amides is 1. The Bertz CT molecular complexity index is 1560. The van der Waals surface area contributed by atoms with Crippen molar-refractivity contribution >= 4 is 27.8 Å². The average Bonchev–Trinajstić information content (AvgIpc) is 3.39. The van der Waals surface area contributed by atoms with Crippen molar-refractivity contribution in [3.8, 4) is 5.75 Å². The molecule has 210 valence electrons. The van der Waals surface area contributed by atoms with Crippen LogP contribution in [0.2, 0.25) is 0 Å². The highest BCUT2D eigenvalue weighted by atomic mass is 16.7. The van der Waals surface area contributed by atoms with Crippen molar-refractivity contribution in [2.45, 2.75) is 25.0 Å². The molecule has 10 nitrogen and oxygen atoms in total. The molecule has 1 amide bonds. The molecule has 1 aliphatic heterocycles. The summed E-state index contributed by atoms with van der Waals surface area (Å²) in [5.41, 5.74) is 2.78. The first-order valence-electron chi connectivity index (χ1n) is 13.2. The van der Waals surface area contributed by atoms with Gasteiger partial charge in [-0.05, 0) is 48.4 Å². The standard InChI is InChI=1S/C30H32N2O8/c1-36-21-6-7-25-23(16-21)19(17-32-25)8-9-31-30(35)27-14-20(15-28(40-27)38-13-12-37-11-10-33)24-18-39-26-5-3-2-4-22(26)29(24)34/h2-7,14,16-18,20,28,32-33H,8-13,15H2,1H3,(H,31,35)/t20-,28+/m0/s1. The van der Waals surface area contributed by atoms with E-state index >= 15 is 0 Å². The number of carbonyl (C=O) groups is 1. The number of H-pyrrole nitrogens is 1. The number of aromatic amines is 1. The molecule has 2 atom stereocenters. The van der Waals surface area contributed by atoms with Crippen LogP contribution in [0.1, 0.15) is 23.5 Å². The number of methoxy groups -OCH3 is 1. The molecule has 3 heterocycles. The second-order valence-electron chi connectivity index (χ2n) is 9.37. The zero-order valence-electron chi connectivity index (χ0n) is 22.2. The van der Waals surface area contributed by atoms with Gasteiger partial charge in [-0.15, -0.1) is 0 Å². The Morgan fingerprint density at radius 1 is 1.15 bits per heavy atom. The van der Waals surface area contributed by atoms with Crippen LogP contribution in [0.4, 0.5) is 0 Å². The highest BCUT2D eigenvalue weighted by Gasteiger charge is 2.30. The van der Waals surface area contributed by atoms with Crippen LogP contribution in [-0.2, 0) is 25.4 Å². The van der Waals surface area contributed by atoms with Gasteiger partial charge in [-0.1, -0.05) is 12.1 Å². The fourth-order valence-corrected chi connectivity index (χ4v) is 4.78. The number of ether oxygens (including phenoxy) is 4. The van der Waals surface area contributed by atoms with Gasteiger partial charge in [-0.2, -0.15) is 0 Å². The molecule has 4 aromatic rings. The Balaban J connectivity index is 1.31. The minimum Gasteiger partial charge on any atom is -0.497 e. The van der Waals surface area contributed by atoms with Gasteiger partial charge in [0.05, 0.1) is 45.2 Å². The minimum atomic E-state index is -0.777. The number of hydrogen-bond donors (Lipinski definition) is 3.